The van der Waals surface area contributed by atoms with E-state index in [0.717, 1.165) is 61.2 Å². The highest BCUT2D eigenvalue weighted by Crippen LogP contribution is 2.30. The minimum Gasteiger partial charge on any atom is -0.385 e. The summed E-state index contributed by atoms with van der Waals surface area (Å²) in [7, 11) is 0. The first kappa shape index (κ1) is 20.7. The minimum absolute atomic E-state index is 0.211. The Morgan fingerprint density at radius 1 is 1.07 bits per heavy atom. The Bertz CT molecular complexity index is 861. The smallest absolute Gasteiger partial charge is 0.385 e. The van der Waals surface area contributed by atoms with Gasteiger partial charge < -0.3 is 10.2 Å². The lowest BCUT2D eigenvalue weighted by atomic mass is 10.1. The largest absolute Gasteiger partial charge is 0.417 e. The van der Waals surface area contributed by atoms with E-state index < -0.39 is 17.3 Å². The van der Waals surface area contributed by atoms with Crippen molar-refractivity contribution in [2.75, 3.05) is 31.5 Å². The molecule has 1 fully saturated rings. The van der Waals surface area contributed by atoms with Crippen LogP contribution in [0.3, 0.4) is 0 Å². The quantitative estimate of drug-likeness (QED) is 0.691. The molecule has 4 nitrogen and oxygen atoms in total. The van der Waals surface area contributed by atoms with Crippen molar-refractivity contribution in [3.05, 3.63) is 57.5 Å². The number of hydrogen-bond donors (Lipinski definition) is 1. The van der Waals surface area contributed by atoms with E-state index in [1.54, 1.807) is 18.2 Å². The molecule has 0 saturated carbocycles. The van der Waals surface area contributed by atoms with E-state index in [9.17, 15) is 18.0 Å². The summed E-state index contributed by atoms with van der Waals surface area (Å²) in [6.45, 7) is 4.13. The highest BCUT2D eigenvalue weighted by molar-refractivity contribution is 6.32. The normalized spacial score (nSPS) is 15.6. The third-order valence-electron chi connectivity index (χ3n) is 4.87. The molecule has 1 N–H and O–H groups in total. The van der Waals surface area contributed by atoms with Crippen LogP contribution in [0.25, 0.3) is 5.69 Å². The number of aromatic nitrogens is 1. The number of alkyl halides is 3. The Morgan fingerprint density at radius 2 is 1.82 bits per heavy atom. The van der Waals surface area contributed by atoms with Crippen molar-refractivity contribution in [1.82, 2.24) is 9.47 Å². The van der Waals surface area contributed by atoms with Gasteiger partial charge in [-0.2, -0.15) is 13.2 Å². The predicted molar refractivity (Wildman–Crippen MR) is 105 cm³/mol. The van der Waals surface area contributed by atoms with E-state index in [1.165, 1.54) is 19.3 Å². The number of benzene rings is 1. The van der Waals surface area contributed by atoms with Crippen molar-refractivity contribution >= 4 is 17.3 Å². The Morgan fingerprint density at radius 3 is 2.50 bits per heavy atom. The van der Waals surface area contributed by atoms with Crippen LogP contribution in [0.2, 0.25) is 5.02 Å². The van der Waals surface area contributed by atoms with E-state index in [2.05, 4.69) is 10.2 Å². The number of halogens is 4. The highest BCUT2D eigenvalue weighted by Gasteiger charge is 2.31. The van der Waals surface area contributed by atoms with Crippen LogP contribution in [0.5, 0.6) is 0 Å². The third kappa shape index (κ3) is 5.29. The van der Waals surface area contributed by atoms with Crippen LogP contribution in [0, 0.1) is 0 Å². The molecule has 28 heavy (non-hydrogen) atoms. The number of anilines is 1. The van der Waals surface area contributed by atoms with Crippen LogP contribution >= 0.6 is 11.6 Å². The van der Waals surface area contributed by atoms with Crippen molar-refractivity contribution in [1.29, 1.82) is 0 Å². The number of piperidine rings is 1. The Labute approximate surface area is 166 Å². The zero-order valence-electron chi connectivity index (χ0n) is 15.4. The van der Waals surface area contributed by atoms with Crippen LogP contribution < -0.4 is 10.9 Å². The van der Waals surface area contributed by atoms with Gasteiger partial charge in [0.05, 0.1) is 16.3 Å². The number of nitrogens with one attached hydrogen (secondary N) is 1. The van der Waals surface area contributed by atoms with Crippen molar-refractivity contribution in [2.24, 2.45) is 0 Å². The van der Waals surface area contributed by atoms with Gasteiger partial charge in [-0.25, -0.2) is 0 Å². The lowest BCUT2D eigenvalue weighted by molar-refractivity contribution is -0.138. The van der Waals surface area contributed by atoms with E-state index in [0.29, 0.717) is 0 Å². The van der Waals surface area contributed by atoms with Gasteiger partial charge in [-0.3, -0.25) is 9.36 Å². The van der Waals surface area contributed by atoms with Gasteiger partial charge in [-0.15, -0.1) is 0 Å². The van der Waals surface area contributed by atoms with Gasteiger partial charge in [0.2, 0.25) is 0 Å². The van der Waals surface area contributed by atoms with Crippen LogP contribution in [-0.4, -0.2) is 35.6 Å². The van der Waals surface area contributed by atoms with Gasteiger partial charge in [-0.1, -0.05) is 18.0 Å². The SMILES string of the molecule is O=c1ccc(C(F)(F)F)cn1-c1ccc(NCCCN2CCCCC2)cc1Cl. The number of hydrogen-bond acceptors (Lipinski definition) is 3. The number of nitrogens with zero attached hydrogens (tertiary/aromatic N) is 2. The molecule has 2 heterocycles. The second-order valence-corrected chi connectivity index (χ2v) is 7.38. The van der Waals surface area contributed by atoms with Crippen LogP contribution in [-0.2, 0) is 6.18 Å². The highest BCUT2D eigenvalue weighted by atomic mass is 35.5. The summed E-state index contributed by atoms with van der Waals surface area (Å²) in [5.74, 6) is 0. The van der Waals surface area contributed by atoms with Gasteiger partial charge in [0.15, 0.2) is 0 Å². The molecular formula is C20H23ClF3N3O. The second-order valence-electron chi connectivity index (χ2n) is 6.97. The Balaban J connectivity index is 1.65. The molecule has 0 radical (unpaired) electrons. The summed E-state index contributed by atoms with van der Waals surface area (Å²) < 4.78 is 39.7. The first-order chi connectivity index (χ1) is 13.3. The summed E-state index contributed by atoms with van der Waals surface area (Å²) in [6, 6.07) is 6.56. The average molecular weight is 414 g/mol. The molecule has 0 spiro atoms. The molecule has 1 aliphatic rings. The summed E-state index contributed by atoms with van der Waals surface area (Å²) in [6.07, 6.45) is 1.08. The van der Waals surface area contributed by atoms with E-state index in [4.69, 9.17) is 11.6 Å². The van der Waals surface area contributed by atoms with Crippen molar-refractivity contribution < 1.29 is 13.2 Å². The summed E-state index contributed by atoms with van der Waals surface area (Å²) in [5.41, 5.74) is -0.482. The number of likely N-dealkylation sites (tertiary alicyclic amines) is 1. The molecule has 1 aromatic carbocycles. The molecule has 1 saturated heterocycles. The molecule has 152 valence electrons. The predicted octanol–water partition coefficient (Wildman–Crippen LogP) is 4.80. The molecule has 1 aromatic heterocycles. The fourth-order valence-electron chi connectivity index (χ4n) is 3.37. The maximum Gasteiger partial charge on any atom is 0.417 e. The molecule has 8 heteroatoms. The van der Waals surface area contributed by atoms with Crippen LogP contribution in [0.4, 0.5) is 18.9 Å². The lowest BCUT2D eigenvalue weighted by Gasteiger charge is -2.26. The summed E-state index contributed by atoms with van der Waals surface area (Å²) in [5, 5.41) is 3.49. The Hall–Kier alpha value is -1.99. The number of rotatable bonds is 6. The van der Waals surface area contributed by atoms with E-state index in [1.807, 2.05) is 0 Å². The molecule has 3 rings (SSSR count). The first-order valence-electron chi connectivity index (χ1n) is 9.41. The zero-order valence-corrected chi connectivity index (χ0v) is 16.2. The number of pyridine rings is 1. The molecule has 0 amide bonds. The second kappa shape index (κ2) is 9.01. The molecule has 0 aliphatic carbocycles. The Kier molecular flexibility index (Phi) is 6.67. The van der Waals surface area contributed by atoms with Gasteiger partial charge in [0.1, 0.15) is 0 Å². The van der Waals surface area contributed by atoms with Crippen LogP contribution in [0.15, 0.2) is 41.3 Å². The third-order valence-corrected chi connectivity index (χ3v) is 5.18. The molecule has 0 atom stereocenters. The van der Waals surface area contributed by atoms with Crippen molar-refractivity contribution in [3.63, 3.8) is 0 Å². The van der Waals surface area contributed by atoms with Crippen LogP contribution in [0.1, 0.15) is 31.2 Å². The monoisotopic (exact) mass is 413 g/mol. The van der Waals surface area contributed by atoms with Gasteiger partial charge in [0.25, 0.3) is 5.56 Å². The molecule has 2 aromatic rings. The summed E-state index contributed by atoms with van der Waals surface area (Å²) in [4.78, 5) is 14.5. The minimum atomic E-state index is -4.53. The lowest BCUT2D eigenvalue weighted by Crippen LogP contribution is -2.31. The fourth-order valence-corrected chi connectivity index (χ4v) is 3.65. The van der Waals surface area contributed by atoms with Gasteiger partial charge in [0, 0.05) is 24.5 Å². The summed E-state index contributed by atoms with van der Waals surface area (Å²) >= 11 is 6.25. The average Bonchev–Trinajstić information content (AvgIpc) is 2.66. The fraction of sp³-hybridized carbons (Fsp3) is 0.450. The molecular weight excluding hydrogens is 391 g/mol. The first-order valence-corrected chi connectivity index (χ1v) is 9.78. The molecule has 0 unspecified atom stereocenters. The van der Waals surface area contributed by atoms with Crippen molar-refractivity contribution in [2.45, 2.75) is 31.9 Å². The van der Waals surface area contributed by atoms with E-state index in [-0.39, 0.29) is 10.7 Å². The van der Waals surface area contributed by atoms with Gasteiger partial charge >= 0.3 is 6.18 Å². The topological polar surface area (TPSA) is 37.3 Å². The van der Waals surface area contributed by atoms with Crippen molar-refractivity contribution in [3.8, 4) is 5.69 Å². The van der Waals surface area contributed by atoms with E-state index >= 15 is 0 Å². The standard InChI is InChI=1S/C20H23ClF3N3O/c21-17-13-16(25-9-4-12-26-10-2-1-3-11-26)6-7-18(17)27-14-15(20(22,23)24)5-8-19(27)28/h5-8,13-14,25H,1-4,9-12H2. The molecule has 0 bridgehead atoms. The molecule has 1 aliphatic heterocycles. The maximum atomic E-state index is 12.9. The zero-order chi connectivity index (χ0) is 20.1. The maximum absolute atomic E-state index is 12.9. The van der Waals surface area contributed by atoms with Gasteiger partial charge in [-0.05, 0) is 63.2 Å².